The minimum Gasteiger partial charge on any atom is -0.493 e. The molecule has 4 rings (SSSR count). The molecule has 39 heavy (non-hydrogen) atoms. The molecule has 0 bridgehead atoms. The summed E-state index contributed by atoms with van der Waals surface area (Å²) < 4.78 is 11.6. The minimum atomic E-state index is -1.03. The first kappa shape index (κ1) is 27.3. The number of urea groups is 1. The van der Waals surface area contributed by atoms with Gasteiger partial charge < -0.3 is 14.8 Å². The second-order valence-electron chi connectivity index (χ2n) is 7.97. The fourth-order valence-electron chi connectivity index (χ4n) is 3.62. The van der Waals surface area contributed by atoms with Crippen molar-refractivity contribution in [3.63, 3.8) is 0 Å². The van der Waals surface area contributed by atoms with Crippen molar-refractivity contribution in [1.82, 2.24) is 5.32 Å². The summed E-state index contributed by atoms with van der Waals surface area (Å²) in [5.41, 5.74) is 0.194. The Morgan fingerprint density at radius 3 is 2.54 bits per heavy atom. The number of nitro benzene ring substituents is 1. The van der Waals surface area contributed by atoms with Crippen molar-refractivity contribution in [3.8, 4) is 11.5 Å². The molecule has 0 atom stereocenters. The van der Waals surface area contributed by atoms with Gasteiger partial charge in [0.2, 0.25) is 0 Å². The van der Waals surface area contributed by atoms with Crippen LogP contribution in [0, 0.1) is 13.7 Å². The molecule has 0 aliphatic carbocycles. The van der Waals surface area contributed by atoms with Crippen LogP contribution >= 0.6 is 22.6 Å². The molecule has 0 unspecified atom stereocenters. The monoisotopic (exact) mass is 642 g/mol. The van der Waals surface area contributed by atoms with Gasteiger partial charge in [-0.15, -0.1) is 0 Å². The molecule has 2 N–H and O–H groups in total. The van der Waals surface area contributed by atoms with Gasteiger partial charge in [0.05, 0.1) is 21.3 Å². The van der Waals surface area contributed by atoms with Gasteiger partial charge in [-0.2, -0.15) is 0 Å². The Labute approximate surface area is 234 Å². The number of methoxy groups -OCH3 is 1. The third kappa shape index (κ3) is 6.20. The number of carbonyl (C=O) groups is 4. The van der Waals surface area contributed by atoms with Crippen LogP contribution in [-0.4, -0.2) is 42.4 Å². The Morgan fingerprint density at radius 1 is 1.10 bits per heavy atom. The average Bonchev–Trinajstić information content (AvgIpc) is 2.90. The zero-order valence-corrected chi connectivity index (χ0v) is 22.3. The Balaban J connectivity index is 1.58. The molecule has 3 aromatic rings. The Morgan fingerprint density at radius 2 is 1.85 bits per heavy atom. The first-order chi connectivity index (χ1) is 18.7. The number of amides is 5. The van der Waals surface area contributed by atoms with Gasteiger partial charge in [-0.05, 0) is 64.6 Å². The minimum absolute atomic E-state index is 0.0743. The Bertz CT molecular complexity index is 1520. The summed E-state index contributed by atoms with van der Waals surface area (Å²) in [6, 6.07) is 15.8. The Hall–Kier alpha value is -4.79. The van der Waals surface area contributed by atoms with Crippen LogP contribution in [0.5, 0.6) is 11.5 Å². The lowest BCUT2D eigenvalue weighted by Gasteiger charge is -2.26. The molecule has 198 valence electrons. The molecule has 1 saturated heterocycles. The number of hydrogen-bond acceptors (Lipinski definition) is 8. The lowest BCUT2D eigenvalue weighted by atomic mass is 10.1. The summed E-state index contributed by atoms with van der Waals surface area (Å²) in [6.07, 6.45) is 1.25. The van der Waals surface area contributed by atoms with Crippen molar-refractivity contribution in [2.75, 3.05) is 23.9 Å². The van der Waals surface area contributed by atoms with Crippen molar-refractivity contribution in [1.29, 1.82) is 0 Å². The molecule has 13 heteroatoms. The van der Waals surface area contributed by atoms with E-state index in [9.17, 15) is 29.3 Å². The maximum absolute atomic E-state index is 13.2. The number of barbiturate groups is 1. The SMILES string of the molecule is COc1cc(/C=C2\C(=O)NC(=O)N(c3cccc([N+](=O)[O-])c3)C2=O)cc(I)c1OCC(=O)Nc1ccccc1. The van der Waals surface area contributed by atoms with E-state index in [1.54, 1.807) is 30.3 Å². The van der Waals surface area contributed by atoms with Crippen LogP contribution < -0.4 is 25.0 Å². The predicted octanol–water partition coefficient (Wildman–Crippen LogP) is 3.89. The fourth-order valence-corrected chi connectivity index (χ4v) is 4.40. The van der Waals surface area contributed by atoms with E-state index in [4.69, 9.17) is 9.47 Å². The van der Waals surface area contributed by atoms with E-state index in [2.05, 4.69) is 10.6 Å². The highest BCUT2D eigenvalue weighted by molar-refractivity contribution is 14.1. The van der Waals surface area contributed by atoms with Crippen LogP contribution in [-0.2, 0) is 14.4 Å². The molecule has 3 aromatic carbocycles. The second-order valence-corrected chi connectivity index (χ2v) is 9.13. The smallest absolute Gasteiger partial charge is 0.335 e. The van der Waals surface area contributed by atoms with Gasteiger partial charge in [0.25, 0.3) is 23.4 Å². The van der Waals surface area contributed by atoms with Crippen molar-refractivity contribution in [2.45, 2.75) is 0 Å². The number of para-hydroxylation sites is 1. The first-order valence-corrected chi connectivity index (χ1v) is 12.3. The summed E-state index contributed by atoms with van der Waals surface area (Å²) in [5, 5.41) is 15.9. The summed E-state index contributed by atoms with van der Waals surface area (Å²) in [5.74, 6) is -1.77. The van der Waals surface area contributed by atoms with E-state index in [-0.39, 0.29) is 41.0 Å². The van der Waals surface area contributed by atoms with Gasteiger partial charge in [-0.25, -0.2) is 9.69 Å². The highest BCUT2D eigenvalue weighted by atomic mass is 127. The predicted molar refractivity (Wildman–Crippen MR) is 148 cm³/mol. The normalized spacial score (nSPS) is 14.2. The molecular weight excluding hydrogens is 623 g/mol. The molecule has 1 fully saturated rings. The van der Waals surface area contributed by atoms with Gasteiger partial charge in [0.15, 0.2) is 18.1 Å². The van der Waals surface area contributed by atoms with Crippen LogP contribution in [0.1, 0.15) is 5.56 Å². The van der Waals surface area contributed by atoms with Gasteiger partial charge >= 0.3 is 6.03 Å². The number of non-ortho nitro benzene ring substituents is 1. The number of rotatable bonds is 8. The molecule has 5 amide bonds. The molecule has 0 saturated carbocycles. The largest absolute Gasteiger partial charge is 0.493 e. The Kier molecular flexibility index (Phi) is 8.19. The third-order valence-corrected chi connectivity index (χ3v) is 6.17. The molecule has 1 heterocycles. The van der Waals surface area contributed by atoms with Crippen molar-refractivity contribution < 1.29 is 33.6 Å². The number of carbonyl (C=O) groups excluding carboxylic acids is 4. The summed E-state index contributed by atoms with van der Waals surface area (Å²) in [6.45, 7) is -0.303. The number of nitro groups is 1. The van der Waals surface area contributed by atoms with E-state index in [1.165, 1.54) is 37.5 Å². The molecule has 1 aliphatic heterocycles. The van der Waals surface area contributed by atoms with E-state index in [1.807, 2.05) is 28.7 Å². The van der Waals surface area contributed by atoms with Gasteiger partial charge in [0, 0.05) is 17.8 Å². The quantitative estimate of drug-likeness (QED) is 0.123. The topological polar surface area (TPSA) is 157 Å². The molecule has 12 nitrogen and oxygen atoms in total. The van der Waals surface area contributed by atoms with Crippen molar-refractivity contribution in [2.24, 2.45) is 0 Å². The lowest BCUT2D eigenvalue weighted by Crippen LogP contribution is -2.54. The zero-order valence-electron chi connectivity index (χ0n) is 20.2. The van der Waals surface area contributed by atoms with E-state index in [0.717, 1.165) is 6.07 Å². The molecule has 0 aromatic heterocycles. The number of anilines is 2. The van der Waals surface area contributed by atoms with E-state index >= 15 is 0 Å². The summed E-state index contributed by atoms with van der Waals surface area (Å²) in [7, 11) is 1.39. The summed E-state index contributed by atoms with van der Waals surface area (Å²) in [4.78, 5) is 61.6. The highest BCUT2D eigenvalue weighted by Crippen LogP contribution is 2.35. The molecule has 1 aliphatic rings. The number of nitrogens with one attached hydrogen (secondary N) is 2. The van der Waals surface area contributed by atoms with Crippen molar-refractivity contribution >= 4 is 69.5 Å². The number of imide groups is 2. The standard InChI is InChI=1S/C26H19IN4O8/c1-38-21-12-15(11-20(27)23(21)39-14-22(32)28-16-6-3-2-4-7-16)10-19-24(33)29-26(35)30(25(19)34)17-8-5-9-18(13-17)31(36)37/h2-13H,14H2,1H3,(H,28,32)(H,29,33,35)/b19-10+. The van der Waals surface area contributed by atoms with Crippen LogP contribution in [0.15, 0.2) is 72.3 Å². The van der Waals surface area contributed by atoms with Gasteiger partial charge in [-0.3, -0.25) is 29.8 Å². The zero-order chi connectivity index (χ0) is 28.1. The molecule has 0 spiro atoms. The average molecular weight is 642 g/mol. The highest BCUT2D eigenvalue weighted by Gasteiger charge is 2.37. The number of halogens is 1. The van der Waals surface area contributed by atoms with E-state index < -0.39 is 22.8 Å². The third-order valence-electron chi connectivity index (χ3n) is 5.37. The number of hydrogen-bond donors (Lipinski definition) is 2. The van der Waals surface area contributed by atoms with Crippen LogP contribution in [0.4, 0.5) is 21.9 Å². The molecule has 0 radical (unpaired) electrons. The number of benzene rings is 3. The summed E-state index contributed by atoms with van der Waals surface area (Å²) >= 11 is 1.96. The second kappa shape index (κ2) is 11.7. The van der Waals surface area contributed by atoms with Crippen LogP contribution in [0.2, 0.25) is 0 Å². The van der Waals surface area contributed by atoms with Crippen molar-refractivity contribution in [3.05, 3.63) is 91.6 Å². The first-order valence-electron chi connectivity index (χ1n) is 11.2. The number of nitrogens with zero attached hydrogens (tertiary/aromatic N) is 2. The lowest BCUT2D eigenvalue weighted by molar-refractivity contribution is -0.384. The van der Waals surface area contributed by atoms with Crippen LogP contribution in [0.3, 0.4) is 0 Å². The van der Waals surface area contributed by atoms with Gasteiger partial charge in [-0.1, -0.05) is 24.3 Å². The van der Waals surface area contributed by atoms with Gasteiger partial charge in [0.1, 0.15) is 5.57 Å². The maximum atomic E-state index is 13.2. The van der Waals surface area contributed by atoms with E-state index in [0.29, 0.717) is 19.7 Å². The van der Waals surface area contributed by atoms with Crippen LogP contribution in [0.25, 0.3) is 6.08 Å². The maximum Gasteiger partial charge on any atom is 0.335 e. The fraction of sp³-hybridized carbons (Fsp3) is 0.0769. The number of ether oxygens (including phenoxy) is 2. The molecular formula is C26H19IN4O8.